The number of aldehydes is 1. The van der Waals surface area contributed by atoms with Crippen LogP contribution in [0.3, 0.4) is 0 Å². The number of aryl methyl sites for hydroxylation is 2. The fraction of sp³-hybridized carbons (Fsp3) is 0.294. The number of carboxylic acid groups (broad SMARTS) is 1. The van der Waals surface area contributed by atoms with Gasteiger partial charge in [0.25, 0.3) is 0 Å². The van der Waals surface area contributed by atoms with E-state index in [2.05, 4.69) is 53.4 Å². The fourth-order valence-electron chi connectivity index (χ4n) is 4.70. The Morgan fingerprint density at radius 3 is 2.15 bits per heavy atom. The quantitative estimate of drug-likeness (QED) is 0.0998. The molecule has 0 bridgehead atoms. The average molecular weight is 590 g/mol. The van der Waals surface area contributed by atoms with Crippen molar-refractivity contribution in [3.8, 4) is 0 Å². The van der Waals surface area contributed by atoms with Gasteiger partial charge in [0.15, 0.2) is 0 Å². The van der Waals surface area contributed by atoms with Crippen LogP contribution in [0.4, 0.5) is 0 Å². The van der Waals surface area contributed by atoms with Crippen LogP contribution in [0.15, 0.2) is 91.0 Å². The minimum absolute atomic E-state index is 0.186. The number of carboxylic acids is 1. The van der Waals surface area contributed by atoms with E-state index >= 15 is 0 Å². The summed E-state index contributed by atoms with van der Waals surface area (Å²) in [6, 6.07) is 30.1. The molecule has 41 heavy (non-hydrogen) atoms. The van der Waals surface area contributed by atoms with Gasteiger partial charge in [-0.05, 0) is 78.7 Å². The number of benzene rings is 3. The highest BCUT2D eigenvalue weighted by atomic mass is 35.5. The first-order valence-electron chi connectivity index (χ1n) is 14.0. The average Bonchev–Trinajstić information content (AvgIpc) is 3.43. The van der Waals surface area contributed by atoms with Gasteiger partial charge in [0, 0.05) is 24.4 Å². The number of nitrogens with zero attached hydrogens (tertiary/aromatic N) is 1. The van der Waals surface area contributed by atoms with Gasteiger partial charge in [0.2, 0.25) is 0 Å². The Bertz CT molecular complexity index is 1360. The zero-order chi connectivity index (χ0) is 28.9. The topological polar surface area (TPSA) is 66.8 Å². The minimum Gasteiger partial charge on any atom is -0.478 e. The van der Waals surface area contributed by atoms with Crippen LogP contribution >= 0.6 is 22.9 Å². The minimum atomic E-state index is -0.936. The number of hydrogen-bond donors (Lipinski definition) is 1. The third kappa shape index (κ3) is 10.2. The van der Waals surface area contributed by atoms with E-state index in [-0.39, 0.29) is 11.7 Å². The number of unbranched alkanes of at least 4 members (excludes halogenated alkanes) is 2. The first-order chi connectivity index (χ1) is 20.0. The smallest absolute Gasteiger partial charge is 0.335 e. The van der Waals surface area contributed by atoms with Crippen molar-refractivity contribution in [3.05, 3.63) is 128 Å². The lowest BCUT2D eigenvalue weighted by molar-refractivity contribution is -0.107. The molecule has 0 fully saturated rings. The summed E-state index contributed by atoms with van der Waals surface area (Å²) < 4.78 is 7.24. The second kappa shape index (κ2) is 16.2. The summed E-state index contributed by atoms with van der Waals surface area (Å²) in [6.07, 6.45) is 5.03. The molecule has 1 aromatic heterocycles. The molecule has 1 heterocycles. The Kier molecular flexibility index (Phi) is 12.1. The predicted octanol–water partition coefficient (Wildman–Crippen LogP) is 8.01. The van der Waals surface area contributed by atoms with E-state index in [0.717, 1.165) is 58.9 Å². The van der Waals surface area contributed by atoms with Gasteiger partial charge in [-0.1, -0.05) is 78.3 Å². The van der Waals surface area contributed by atoms with Gasteiger partial charge in [-0.2, -0.15) is 0 Å². The molecule has 7 heteroatoms. The van der Waals surface area contributed by atoms with Crippen LogP contribution in [0.5, 0.6) is 0 Å². The van der Waals surface area contributed by atoms with Crippen LogP contribution in [0.1, 0.15) is 62.9 Å². The summed E-state index contributed by atoms with van der Waals surface area (Å²) in [5.41, 5.74) is 5.05. The Morgan fingerprint density at radius 1 is 0.854 bits per heavy atom. The van der Waals surface area contributed by atoms with Crippen molar-refractivity contribution < 1.29 is 19.4 Å². The van der Waals surface area contributed by atoms with Crippen LogP contribution in [0, 0.1) is 0 Å². The van der Waals surface area contributed by atoms with Crippen molar-refractivity contribution in [2.45, 2.75) is 51.4 Å². The molecule has 0 aliphatic carbocycles. The number of carbonyl (C=O) groups is 2. The molecule has 1 unspecified atom stereocenters. The van der Waals surface area contributed by atoms with Crippen molar-refractivity contribution in [2.75, 3.05) is 13.1 Å². The molecular weight excluding hydrogens is 554 g/mol. The molecule has 3 aromatic carbocycles. The molecule has 0 saturated carbocycles. The predicted molar refractivity (Wildman–Crippen MR) is 166 cm³/mol. The highest BCUT2D eigenvalue weighted by molar-refractivity contribution is 7.16. The van der Waals surface area contributed by atoms with Crippen LogP contribution in [-0.2, 0) is 35.5 Å². The molecule has 5 nitrogen and oxygen atoms in total. The second-order valence-electron chi connectivity index (χ2n) is 10.1. The number of rotatable bonds is 17. The largest absolute Gasteiger partial charge is 0.478 e. The zero-order valence-electron chi connectivity index (χ0n) is 23.1. The van der Waals surface area contributed by atoms with Gasteiger partial charge < -0.3 is 14.6 Å². The lowest BCUT2D eigenvalue weighted by atomic mass is 10.0. The standard InChI is InChI=1S/C34H36ClNO4S/c35-33-20-19-32(41-33)31(40-25-29-13-11-27(12-14-29)10-9-26-7-3-1-4-8-26)24-36(21-5-2-6-22-37)23-28-15-17-30(18-16-28)34(38)39/h1,3-4,7-8,11-20,22,31H,2,5-6,9-10,21,23-25H2,(H,38,39). The maximum atomic E-state index is 11.3. The molecule has 0 spiro atoms. The summed E-state index contributed by atoms with van der Waals surface area (Å²) in [5, 5.41) is 9.25. The Morgan fingerprint density at radius 2 is 1.51 bits per heavy atom. The molecule has 1 atom stereocenters. The van der Waals surface area contributed by atoms with Crippen LogP contribution < -0.4 is 0 Å². The van der Waals surface area contributed by atoms with E-state index < -0.39 is 5.97 Å². The monoisotopic (exact) mass is 589 g/mol. The van der Waals surface area contributed by atoms with E-state index in [0.29, 0.717) is 26.1 Å². The third-order valence-electron chi connectivity index (χ3n) is 7.01. The summed E-state index contributed by atoms with van der Waals surface area (Å²) in [4.78, 5) is 25.5. The number of halogens is 1. The van der Waals surface area contributed by atoms with Crippen molar-refractivity contribution in [3.63, 3.8) is 0 Å². The highest BCUT2D eigenvalue weighted by Gasteiger charge is 2.20. The molecule has 1 N–H and O–H groups in total. The van der Waals surface area contributed by atoms with Gasteiger partial charge in [0.1, 0.15) is 12.4 Å². The van der Waals surface area contributed by atoms with Gasteiger partial charge in [-0.15, -0.1) is 11.3 Å². The lowest BCUT2D eigenvalue weighted by Gasteiger charge is -2.27. The normalized spacial score (nSPS) is 12.0. The first-order valence-corrected chi connectivity index (χ1v) is 15.2. The van der Waals surface area contributed by atoms with Crippen LogP contribution in [0.25, 0.3) is 0 Å². The van der Waals surface area contributed by atoms with E-state index in [1.54, 1.807) is 12.1 Å². The van der Waals surface area contributed by atoms with Crippen molar-refractivity contribution in [1.29, 1.82) is 0 Å². The molecular formula is C34H36ClNO4S. The van der Waals surface area contributed by atoms with Crippen LogP contribution in [-0.4, -0.2) is 35.4 Å². The maximum Gasteiger partial charge on any atom is 0.335 e. The summed E-state index contributed by atoms with van der Waals surface area (Å²) in [6.45, 7) is 2.57. The second-order valence-corrected chi connectivity index (χ2v) is 11.9. The Labute approximate surface area is 251 Å². The van der Waals surface area contributed by atoms with Crippen molar-refractivity contribution in [2.24, 2.45) is 0 Å². The summed E-state index contributed by atoms with van der Waals surface area (Å²) in [5.74, 6) is -0.936. The van der Waals surface area contributed by atoms with E-state index in [9.17, 15) is 14.7 Å². The SMILES string of the molecule is O=CCCCCN(Cc1ccc(C(=O)O)cc1)CC(OCc1ccc(CCc2ccccc2)cc1)c1ccc(Cl)s1. The van der Waals surface area contributed by atoms with Crippen LogP contribution in [0.2, 0.25) is 4.34 Å². The van der Waals surface area contributed by atoms with Crippen molar-refractivity contribution >= 4 is 35.2 Å². The van der Waals surface area contributed by atoms with E-state index in [1.807, 2.05) is 30.3 Å². The zero-order valence-corrected chi connectivity index (χ0v) is 24.7. The van der Waals surface area contributed by atoms with E-state index in [4.69, 9.17) is 16.3 Å². The lowest BCUT2D eigenvalue weighted by Crippen LogP contribution is -2.30. The Balaban J connectivity index is 1.41. The first kappa shape index (κ1) is 30.7. The third-order valence-corrected chi connectivity index (χ3v) is 8.33. The summed E-state index contributed by atoms with van der Waals surface area (Å²) >= 11 is 7.83. The molecule has 0 amide bonds. The number of hydrogen-bond acceptors (Lipinski definition) is 5. The number of aromatic carboxylic acids is 1. The molecule has 4 rings (SSSR count). The van der Waals surface area contributed by atoms with Gasteiger partial charge in [-0.25, -0.2) is 4.79 Å². The van der Waals surface area contributed by atoms with Gasteiger partial charge in [-0.3, -0.25) is 4.90 Å². The molecule has 0 aliphatic rings. The molecule has 0 aliphatic heterocycles. The molecule has 214 valence electrons. The molecule has 0 radical (unpaired) electrons. The Hall–Kier alpha value is -3.29. The number of carbonyl (C=O) groups excluding carboxylic acids is 1. The molecule has 4 aromatic rings. The van der Waals surface area contributed by atoms with E-state index in [1.165, 1.54) is 22.5 Å². The fourth-order valence-corrected chi connectivity index (χ4v) is 5.80. The highest BCUT2D eigenvalue weighted by Crippen LogP contribution is 2.31. The number of ether oxygens (including phenoxy) is 1. The van der Waals surface area contributed by atoms with Gasteiger partial charge in [0.05, 0.1) is 16.5 Å². The number of thiophene rings is 1. The van der Waals surface area contributed by atoms with Crippen molar-refractivity contribution in [1.82, 2.24) is 4.90 Å². The van der Waals surface area contributed by atoms with Gasteiger partial charge >= 0.3 is 5.97 Å². The maximum absolute atomic E-state index is 11.3. The molecule has 0 saturated heterocycles. The summed E-state index contributed by atoms with van der Waals surface area (Å²) in [7, 11) is 0.